The predicted molar refractivity (Wildman–Crippen MR) is 123 cm³/mol. The van der Waals surface area contributed by atoms with E-state index in [0.717, 1.165) is 52.2 Å². The molecule has 1 amide bonds. The molecule has 1 aromatic heterocycles. The van der Waals surface area contributed by atoms with Gasteiger partial charge < -0.3 is 9.80 Å². The lowest BCUT2D eigenvalue weighted by atomic mass is 9.73. The monoisotopic (exact) mass is 418 g/mol. The van der Waals surface area contributed by atoms with Gasteiger partial charge in [-0.3, -0.25) is 14.7 Å². The van der Waals surface area contributed by atoms with Gasteiger partial charge in [-0.25, -0.2) is 0 Å². The predicted octanol–water partition coefficient (Wildman–Crippen LogP) is 3.27. The molecular formula is C26H34N4O. The van der Waals surface area contributed by atoms with E-state index in [9.17, 15) is 4.79 Å². The smallest absolute Gasteiger partial charge is 0.223 e. The van der Waals surface area contributed by atoms with Gasteiger partial charge in [-0.1, -0.05) is 30.3 Å². The second-order valence-electron chi connectivity index (χ2n) is 9.79. The third-order valence-electron chi connectivity index (χ3n) is 7.83. The number of likely N-dealkylation sites (N-methyl/N-ethyl adjacent to an activating group) is 1. The normalized spacial score (nSPS) is 23.8. The van der Waals surface area contributed by atoms with Crippen LogP contribution in [-0.4, -0.2) is 71.9 Å². The highest BCUT2D eigenvalue weighted by atomic mass is 16.2. The summed E-state index contributed by atoms with van der Waals surface area (Å²) in [5.41, 5.74) is 4.49. The van der Waals surface area contributed by atoms with E-state index in [0.29, 0.717) is 18.2 Å². The molecule has 1 unspecified atom stereocenters. The molecule has 5 rings (SSSR count). The fraction of sp³-hybridized carbons (Fsp3) is 0.538. The lowest BCUT2D eigenvalue weighted by molar-refractivity contribution is -0.133. The number of benzene rings is 1. The van der Waals surface area contributed by atoms with Crippen LogP contribution in [0.25, 0.3) is 0 Å². The standard InChI is InChI=1S/C26H34N4O/c1-28-13-15-30(16-14-28)25(31)17-22-18-26(24-7-3-2-6-23(22)24)8-11-29(12-9-26)20-21-5-4-10-27-19-21/h2-7,10,19,22H,8-9,11-18,20H2,1H3. The zero-order chi connectivity index (χ0) is 21.3. The number of piperidine rings is 1. The molecule has 2 fully saturated rings. The summed E-state index contributed by atoms with van der Waals surface area (Å²) < 4.78 is 0. The van der Waals surface area contributed by atoms with Crippen molar-refractivity contribution in [2.24, 2.45) is 0 Å². The second kappa shape index (κ2) is 8.71. The first kappa shape index (κ1) is 20.7. The van der Waals surface area contributed by atoms with Gasteiger partial charge in [0.2, 0.25) is 5.91 Å². The van der Waals surface area contributed by atoms with Gasteiger partial charge in [-0.15, -0.1) is 0 Å². The quantitative estimate of drug-likeness (QED) is 0.764. The summed E-state index contributed by atoms with van der Waals surface area (Å²) in [6.07, 6.45) is 7.99. The first-order valence-corrected chi connectivity index (χ1v) is 11.8. The molecule has 1 atom stereocenters. The number of rotatable bonds is 4. The van der Waals surface area contributed by atoms with Crippen LogP contribution in [0.4, 0.5) is 0 Å². The van der Waals surface area contributed by atoms with Gasteiger partial charge in [0.05, 0.1) is 0 Å². The molecule has 0 radical (unpaired) electrons. The second-order valence-corrected chi connectivity index (χ2v) is 9.79. The molecule has 164 valence electrons. The maximum Gasteiger partial charge on any atom is 0.223 e. The third kappa shape index (κ3) is 4.26. The summed E-state index contributed by atoms with van der Waals surface area (Å²) in [6.45, 7) is 6.94. The molecule has 0 bridgehead atoms. The molecule has 5 nitrogen and oxygen atoms in total. The first-order valence-electron chi connectivity index (χ1n) is 11.8. The van der Waals surface area contributed by atoms with E-state index in [-0.39, 0.29) is 5.41 Å². The van der Waals surface area contributed by atoms with Crippen LogP contribution in [0.2, 0.25) is 0 Å². The van der Waals surface area contributed by atoms with Crippen LogP contribution < -0.4 is 0 Å². The van der Waals surface area contributed by atoms with Gasteiger partial charge in [0.15, 0.2) is 0 Å². The molecule has 31 heavy (non-hydrogen) atoms. The van der Waals surface area contributed by atoms with Gasteiger partial charge >= 0.3 is 0 Å². The maximum absolute atomic E-state index is 13.1. The lowest BCUT2D eigenvalue weighted by Crippen LogP contribution is -2.47. The first-order chi connectivity index (χ1) is 15.1. The average molecular weight is 419 g/mol. The summed E-state index contributed by atoms with van der Waals surface area (Å²) in [4.78, 5) is 24.3. The number of nitrogens with zero attached hydrogens (tertiary/aromatic N) is 4. The Morgan fingerprint density at radius 2 is 1.81 bits per heavy atom. The Hall–Kier alpha value is -2.24. The summed E-state index contributed by atoms with van der Waals surface area (Å²) in [6, 6.07) is 13.2. The number of likely N-dealkylation sites (tertiary alicyclic amines) is 1. The van der Waals surface area contributed by atoms with Crippen molar-refractivity contribution in [2.75, 3.05) is 46.3 Å². The molecular weight excluding hydrogens is 384 g/mol. The van der Waals surface area contributed by atoms with Crippen LogP contribution in [0, 0.1) is 0 Å². The number of fused-ring (bicyclic) bond motifs is 2. The molecule has 2 saturated heterocycles. The minimum absolute atomic E-state index is 0.245. The fourth-order valence-corrected chi connectivity index (χ4v) is 5.97. The zero-order valence-electron chi connectivity index (χ0n) is 18.7. The number of carbonyl (C=O) groups is 1. The highest BCUT2D eigenvalue weighted by Crippen LogP contribution is 2.52. The number of hydrogen-bond acceptors (Lipinski definition) is 4. The molecule has 3 heterocycles. The summed E-state index contributed by atoms with van der Waals surface area (Å²) >= 11 is 0. The number of piperazine rings is 1. The Morgan fingerprint density at radius 3 is 2.55 bits per heavy atom. The van der Waals surface area contributed by atoms with Crippen LogP contribution >= 0.6 is 0 Å². The topological polar surface area (TPSA) is 39.7 Å². The molecule has 3 aliphatic rings. The van der Waals surface area contributed by atoms with Crippen molar-refractivity contribution < 1.29 is 4.79 Å². The van der Waals surface area contributed by atoms with E-state index in [4.69, 9.17) is 0 Å². The highest BCUT2D eigenvalue weighted by Gasteiger charge is 2.45. The number of hydrogen-bond donors (Lipinski definition) is 0. The summed E-state index contributed by atoms with van der Waals surface area (Å²) in [7, 11) is 2.14. The zero-order valence-corrected chi connectivity index (χ0v) is 18.7. The van der Waals surface area contributed by atoms with Crippen LogP contribution in [0.5, 0.6) is 0 Å². The Kier molecular flexibility index (Phi) is 5.81. The summed E-state index contributed by atoms with van der Waals surface area (Å²) in [5, 5.41) is 0. The molecule has 1 spiro atoms. The maximum atomic E-state index is 13.1. The van der Waals surface area contributed by atoms with Gasteiger partial charge in [0, 0.05) is 51.5 Å². The Labute approximate surface area is 186 Å². The van der Waals surface area contributed by atoms with Crippen LogP contribution in [0.1, 0.15) is 48.3 Å². The molecule has 0 saturated carbocycles. The van der Waals surface area contributed by atoms with Gasteiger partial charge in [0.25, 0.3) is 0 Å². The largest absolute Gasteiger partial charge is 0.340 e. The molecule has 2 aliphatic heterocycles. The molecule has 1 aromatic carbocycles. The molecule has 1 aliphatic carbocycles. The van der Waals surface area contributed by atoms with Crippen molar-refractivity contribution in [3.05, 3.63) is 65.5 Å². The van der Waals surface area contributed by atoms with Gasteiger partial charge in [-0.05, 0) is 73.5 Å². The Morgan fingerprint density at radius 1 is 1.03 bits per heavy atom. The van der Waals surface area contributed by atoms with E-state index in [1.54, 1.807) is 0 Å². The van der Waals surface area contributed by atoms with Crippen molar-refractivity contribution >= 4 is 5.91 Å². The van der Waals surface area contributed by atoms with E-state index >= 15 is 0 Å². The van der Waals surface area contributed by atoms with Crippen molar-refractivity contribution in [1.29, 1.82) is 0 Å². The van der Waals surface area contributed by atoms with Crippen molar-refractivity contribution in [3.63, 3.8) is 0 Å². The lowest BCUT2D eigenvalue weighted by Gasteiger charge is -2.40. The fourth-order valence-electron chi connectivity index (χ4n) is 5.97. The Bertz CT molecular complexity index is 899. The highest BCUT2D eigenvalue weighted by molar-refractivity contribution is 5.77. The number of amides is 1. The number of carbonyl (C=O) groups excluding carboxylic acids is 1. The molecule has 5 heteroatoms. The van der Waals surface area contributed by atoms with Crippen LogP contribution in [0.15, 0.2) is 48.8 Å². The number of aromatic nitrogens is 1. The van der Waals surface area contributed by atoms with Crippen LogP contribution in [0.3, 0.4) is 0 Å². The van der Waals surface area contributed by atoms with E-state index < -0.39 is 0 Å². The van der Waals surface area contributed by atoms with Crippen LogP contribution in [-0.2, 0) is 16.8 Å². The van der Waals surface area contributed by atoms with E-state index in [2.05, 4.69) is 57.1 Å². The Balaban J connectivity index is 1.26. The summed E-state index contributed by atoms with van der Waals surface area (Å²) in [5.74, 6) is 0.715. The van der Waals surface area contributed by atoms with E-state index in [1.807, 2.05) is 18.5 Å². The minimum atomic E-state index is 0.245. The minimum Gasteiger partial charge on any atom is -0.340 e. The molecule has 2 aromatic rings. The average Bonchev–Trinajstić information content (AvgIpc) is 3.10. The van der Waals surface area contributed by atoms with Crippen molar-refractivity contribution in [1.82, 2.24) is 19.7 Å². The van der Waals surface area contributed by atoms with Crippen molar-refractivity contribution in [3.8, 4) is 0 Å². The van der Waals surface area contributed by atoms with Gasteiger partial charge in [0.1, 0.15) is 0 Å². The number of pyridine rings is 1. The van der Waals surface area contributed by atoms with Crippen molar-refractivity contribution in [2.45, 2.75) is 43.6 Å². The molecule has 0 N–H and O–H groups in total. The van der Waals surface area contributed by atoms with Gasteiger partial charge in [-0.2, -0.15) is 0 Å². The SMILES string of the molecule is CN1CCN(C(=O)CC2CC3(CCN(Cc4cccnc4)CC3)c3ccccc32)CC1. The third-order valence-corrected chi connectivity index (χ3v) is 7.83. The van der Waals surface area contributed by atoms with E-state index in [1.165, 1.54) is 29.5 Å².